The lowest BCUT2D eigenvalue weighted by atomic mass is 10.1. The van der Waals surface area contributed by atoms with Gasteiger partial charge in [0.25, 0.3) is 0 Å². The number of rotatable bonds is 4. The standard InChI is InChI=1S/C11H16OS2/c1-3-4-5-6-10(12)11-9(2)13-7-8-14-11/h1,9,11H,4-8H2,2H3. The van der Waals surface area contributed by atoms with Crippen LogP contribution >= 0.6 is 23.5 Å². The fraction of sp³-hybridized carbons (Fsp3) is 0.727. The largest absolute Gasteiger partial charge is 0.298 e. The molecular formula is C11H16OS2. The Morgan fingerprint density at radius 2 is 2.21 bits per heavy atom. The normalized spacial score (nSPS) is 26.9. The zero-order valence-electron chi connectivity index (χ0n) is 8.49. The van der Waals surface area contributed by atoms with Gasteiger partial charge < -0.3 is 0 Å². The van der Waals surface area contributed by atoms with E-state index in [4.69, 9.17) is 6.42 Å². The summed E-state index contributed by atoms with van der Waals surface area (Å²) in [6.07, 6.45) is 7.39. The number of unbranched alkanes of at least 4 members (excludes halogenated alkanes) is 1. The van der Waals surface area contributed by atoms with Crippen molar-refractivity contribution < 1.29 is 4.79 Å². The average molecular weight is 228 g/mol. The molecule has 0 saturated carbocycles. The molecule has 1 rings (SSSR count). The Bertz CT molecular complexity index is 232. The summed E-state index contributed by atoms with van der Waals surface area (Å²) in [4.78, 5) is 11.8. The Morgan fingerprint density at radius 3 is 2.86 bits per heavy atom. The van der Waals surface area contributed by atoms with Crippen LogP contribution in [-0.2, 0) is 4.79 Å². The number of ketones is 1. The highest BCUT2D eigenvalue weighted by molar-refractivity contribution is 8.07. The minimum Gasteiger partial charge on any atom is -0.298 e. The van der Waals surface area contributed by atoms with E-state index in [-0.39, 0.29) is 5.25 Å². The average Bonchev–Trinajstić information content (AvgIpc) is 2.18. The van der Waals surface area contributed by atoms with E-state index in [1.165, 1.54) is 5.75 Å². The van der Waals surface area contributed by atoms with E-state index in [1.807, 2.05) is 23.5 Å². The van der Waals surface area contributed by atoms with Crippen LogP contribution in [0.3, 0.4) is 0 Å². The molecular weight excluding hydrogens is 212 g/mol. The van der Waals surface area contributed by atoms with Crippen molar-refractivity contribution in [3.63, 3.8) is 0 Å². The predicted molar refractivity (Wildman–Crippen MR) is 65.9 cm³/mol. The van der Waals surface area contributed by atoms with E-state index >= 15 is 0 Å². The van der Waals surface area contributed by atoms with E-state index in [0.717, 1.165) is 18.6 Å². The van der Waals surface area contributed by atoms with E-state index < -0.39 is 0 Å². The Hall–Kier alpha value is -0.0700. The van der Waals surface area contributed by atoms with Crippen LogP contribution in [0.2, 0.25) is 0 Å². The monoisotopic (exact) mass is 228 g/mol. The number of carbonyl (C=O) groups is 1. The van der Waals surface area contributed by atoms with Gasteiger partial charge >= 0.3 is 0 Å². The van der Waals surface area contributed by atoms with Crippen molar-refractivity contribution in [2.24, 2.45) is 0 Å². The summed E-state index contributed by atoms with van der Waals surface area (Å²) < 4.78 is 0. The van der Waals surface area contributed by atoms with Gasteiger partial charge in [-0.2, -0.15) is 11.8 Å². The molecule has 1 aliphatic heterocycles. The molecule has 0 aromatic carbocycles. The molecule has 1 heterocycles. The van der Waals surface area contributed by atoms with Crippen LogP contribution in [0.5, 0.6) is 0 Å². The quantitative estimate of drug-likeness (QED) is 0.544. The number of carbonyl (C=O) groups excluding carboxylic acids is 1. The second kappa shape index (κ2) is 6.42. The Balaban J connectivity index is 2.31. The van der Waals surface area contributed by atoms with Crippen molar-refractivity contribution in [2.75, 3.05) is 11.5 Å². The first-order valence-electron chi connectivity index (χ1n) is 4.95. The third-order valence-corrected chi connectivity index (χ3v) is 5.39. The summed E-state index contributed by atoms with van der Waals surface area (Å²) in [6.45, 7) is 2.15. The molecule has 0 bridgehead atoms. The van der Waals surface area contributed by atoms with Crippen molar-refractivity contribution in [3.8, 4) is 12.3 Å². The van der Waals surface area contributed by atoms with Gasteiger partial charge in [-0.3, -0.25) is 4.79 Å². The van der Waals surface area contributed by atoms with Gasteiger partial charge in [-0.1, -0.05) is 6.92 Å². The highest BCUT2D eigenvalue weighted by Crippen LogP contribution is 2.32. The molecule has 1 aliphatic rings. The molecule has 2 unspecified atom stereocenters. The minimum atomic E-state index is 0.214. The maximum Gasteiger partial charge on any atom is 0.146 e. The molecule has 2 atom stereocenters. The van der Waals surface area contributed by atoms with E-state index in [0.29, 0.717) is 17.5 Å². The van der Waals surface area contributed by atoms with E-state index in [1.54, 1.807) is 0 Å². The second-order valence-electron chi connectivity index (χ2n) is 3.39. The first-order valence-corrected chi connectivity index (χ1v) is 7.05. The number of terminal acetylenes is 1. The van der Waals surface area contributed by atoms with Crippen LogP contribution in [-0.4, -0.2) is 27.8 Å². The summed E-state index contributed by atoms with van der Waals surface area (Å²) in [5.74, 6) is 5.26. The molecule has 1 nitrogen and oxygen atoms in total. The van der Waals surface area contributed by atoms with Crippen LogP contribution in [0.15, 0.2) is 0 Å². The van der Waals surface area contributed by atoms with Gasteiger partial charge in [0.15, 0.2) is 0 Å². The van der Waals surface area contributed by atoms with E-state index in [9.17, 15) is 4.79 Å². The Morgan fingerprint density at radius 1 is 1.50 bits per heavy atom. The van der Waals surface area contributed by atoms with Crippen LogP contribution < -0.4 is 0 Å². The Labute approximate surface area is 94.8 Å². The summed E-state index contributed by atoms with van der Waals surface area (Å²) in [5.41, 5.74) is 0. The van der Waals surface area contributed by atoms with Gasteiger partial charge in [0.1, 0.15) is 5.78 Å². The molecule has 3 heteroatoms. The van der Waals surface area contributed by atoms with Gasteiger partial charge in [0.05, 0.1) is 5.25 Å². The first-order chi connectivity index (χ1) is 6.75. The molecule has 0 aliphatic carbocycles. The van der Waals surface area contributed by atoms with Gasteiger partial charge in [-0.25, -0.2) is 0 Å². The molecule has 0 N–H and O–H groups in total. The summed E-state index contributed by atoms with van der Waals surface area (Å²) in [5, 5.41) is 0.693. The number of Topliss-reactive ketones (excluding diaryl/α,β-unsaturated/α-hetero) is 1. The smallest absolute Gasteiger partial charge is 0.146 e. The van der Waals surface area contributed by atoms with Crippen LogP contribution in [0.4, 0.5) is 0 Å². The first kappa shape index (κ1) is 12.0. The fourth-order valence-electron chi connectivity index (χ4n) is 1.49. The Kier molecular flexibility index (Phi) is 5.50. The second-order valence-corrected chi connectivity index (χ2v) is 6.13. The third-order valence-electron chi connectivity index (χ3n) is 2.25. The number of hydrogen-bond acceptors (Lipinski definition) is 3. The number of hydrogen-bond donors (Lipinski definition) is 0. The van der Waals surface area contributed by atoms with Crippen LogP contribution in [0.25, 0.3) is 0 Å². The summed E-state index contributed by atoms with van der Waals surface area (Å²) >= 11 is 3.73. The summed E-state index contributed by atoms with van der Waals surface area (Å²) in [7, 11) is 0. The molecule has 78 valence electrons. The van der Waals surface area contributed by atoms with Crippen molar-refractivity contribution in [1.82, 2.24) is 0 Å². The van der Waals surface area contributed by atoms with Crippen LogP contribution in [0.1, 0.15) is 26.2 Å². The van der Waals surface area contributed by atoms with Crippen molar-refractivity contribution in [3.05, 3.63) is 0 Å². The maximum absolute atomic E-state index is 11.8. The summed E-state index contributed by atoms with van der Waals surface area (Å²) in [6, 6.07) is 0. The van der Waals surface area contributed by atoms with Gasteiger partial charge in [-0.05, 0) is 6.42 Å². The van der Waals surface area contributed by atoms with Crippen molar-refractivity contribution in [1.29, 1.82) is 0 Å². The highest BCUT2D eigenvalue weighted by Gasteiger charge is 2.27. The molecule has 1 fully saturated rings. The molecule has 1 saturated heterocycles. The third kappa shape index (κ3) is 3.59. The molecule has 0 aromatic heterocycles. The predicted octanol–water partition coefficient (Wildman–Crippen LogP) is 2.60. The SMILES string of the molecule is C#CCCCC(=O)C1SCCSC1C. The van der Waals surface area contributed by atoms with Crippen molar-refractivity contribution in [2.45, 2.75) is 36.7 Å². The van der Waals surface area contributed by atoms with Crippen molar-refractivity contribution >= 4 is 29.3 Å². The molecule has 0 aromatic rings. The number of thioether (sulfide) groups is 2. The van der Waals surface area contributed by atoms with Gasteiger partial charge in [0, 0.05) is 29.6 Å². The minimum absolute atomic E-state index is 0.214. The maximum atomic E-state index is 11.8. The lowest BCUT2D eigenvalue weighted by molar-refractivity contribution is -0.118. The van der Waals surface area contributed by atoms with E-state index in [2.05, 4.69) is 12.8 Å². The fourth-order valence-corrected chi connectivity index (χ4v) is 4.26. The van der Waals surface area contributed by atoms with Gasteiger partial charge in [0.2, 0.25) is 0 Å². The van der Waals surface area contributed by atoms with Gasteiger partial charge in [-0.15, -0.1) is 24.1 Å². The molecule has 0 radical (unpaired) electrons. The highest BCUT2D eigenvalue weighted by atomic mass is 32.2. The lowest BCUT2D eigenvalue weighted by Crippen LogP contribution is -2.30. The topological polar surface area (TPSA) is 17.1 Å². The zero-order chi connectivity index (χ0) is 10.4. The zero-order valence-corrected chi connectivity index (χ0v) is 10.1. The van der Waals surface area contributed by atoms with Crippen LogP contribution in [0, 0.1) is 12.3 Å². The molecule has 0 spiro atoms. The molecule has 14 heavy (non-hydrogen) atoms. The molecule has 0 amide bonds. The lowest BCUT2D eigenvalue weighted by Gasteiger charge is -2.26.